The molecule has 0 saturated heterocycles. The van der Waals surface area contributed by atoms with Gasteiger partial charge in [0.25, 0.3) is 0 Å². The lowest BCUT2D eigenvalue weighted by atomic mass is 10.2. The van der Waals surface area contributed by atoms with Gasteiger partial charge in [0.15, 0.2) is 0 Å². The van der Waals surface area contributed by atoms with Crippen LogP contribution in [-0.2, 0) is 9.53 Å². The fourth-order valence-electron chi connectivity index (χ4n) is 0.663. The van der Waals surface area contributed by atoms with Crippen LogP contribution in [0.25, 0.3) is 0 Å². The summed E-state index contributed by atoms with van der Waals surface area (Å²) < 4.78 is 40.2. The first-order valence-corrected chi connectivity index (χ1v) is 4.01. The summed E-state index contributed by atoms with van der Waals surface area (Å²) in [5, 5.41) is 0. The number of carbonyl (C=O) groups excluding carboxylic acids is 1. The summed E-state index contributed by atoms with van der Waals surface area (Å²) in [5.74, 6) is -0.949. The predicted molar refractivity (Wildman–Crippen MR) is 45.7 cm³/mol. The summed E-state index contributed by atoms with van der Waals surface area (Å²) in [4.78, 5) is 11.0. The monoisotopic (exact) mass is 210 g/mol. The van der Waals surface area contributed by atoms with Crippen LogP contribution >= 0.6 is 0 Å². The van der Waals surface area contributed by atoms with Crippen molar-refractivity contribution in [1.82, 2.24) is 0 Å². The lowest BCUT2D eigenvalue weighted by Gasteiger charge is -2.19. The van der Waals surface area contributed by atoms with Crippen LogP contribution in [0, 0.1) is 0 Å². The van der Waals surface area contributed by atoms with Crippen molar-refractivity contribution in [2.45, 2.75) is 39.5 Å². The number of hydrogen-bond donors (Lipinski definition) is 0. The number of halogens is 3. The fraction of sp³-hybridized carbons (Fsp3) is 0.667. The van der Waals surface area contributed by atoms with E-state index in [1.54, 1.807) is 20.8 Å². The summed E-state index contributed by atoms with van der Waals surface area (Å²) in [7, 11) is 0. The van der Waals surface area contributed by atoms with Gasteiger partial charge in [-0.1, -0.05) is 0 Å². The topological polar surface area (TPSA) is 26.3 Å². The molecule has 0 rings (SSSR count). The minimum absolute atomic E-state index is 0.0684. The van der Waals surface area contributed by atoms with Crippen molar-refractivity contribution < 1.29 is 22.7 Å². The molecule has 0 atom stereocenters. The zero-order chi connectivity index (χ0) is 11.6. The third-order valence-corrected chi connectivity index (χ3v) is 1.10. The van der Waals surface area contributed by atoms with Gasteiger partial charge in [0.05, 0.1) is 0 Å². The maximum atomic E-state index is 11.8. The van der Waals surface area contributed by atoms with Gasteiger partial charge in [0, 0.05) is 11.6 Å². The van der Waals surface area contributed by atoms with E-state index in [-0.39, 0.29) is 6.08 Å². The second-order valence-corrected chi connectivity index (χ2v) is 3.87. The van der Waals surface area contributed by atoms with Gasteiger partial charge in [0.1, 0.15) is 5.60 Å². The highest BCUT2D eigenvalue weighted by Crippen LogP contribution is 2.20. The van der Waals surface area contributed by atoms with Gasteiger partial charge in [0.2, 0.25) is 0 Å². The number of carbonyl (C=O) groups is 1. The third-order valence-electron chi connectivity index (χ3n) is 1.10. The lowest BCUT2D eigenvalue weighted by molar-refractivity contribution is -0.150. The van der Waals surface area contributed by atoms with Crippen LogP contribution in [0.2, 0.25) is 0 Å². The molecule has 0 aromatic heterocycles. The molecule has 0 saturated carbocycles. The van der Waals surface area contributed by atoms with E-state index < -0.39 is 23.3 Å². The van der Waals surface area contributed by atoms with E-state index in [4.69, 9.17) is 4.74 Å². The lowest BCUT2D eigenvalue weighted by Crippen LogP contribution is -2.24. The molecule has 0 amide bonds. The molecule has 0 aliphatic heterocycles. The molecular formula is C9H13F3O2. The standard InChI is InChI=1S/C9H13F3O2/c1-6(5-9(10,11)12)7(13)14-8(2,3)4/h5H,1-4H3/b6-5+. The van der Waals surface area contributed by atoms with Crippen molar-refractivity contribution in [2.24, 2.45) is 0 Å². The Morgan fingerprint density at radius 2 is 1.64 bits per heavy atom. The molecule has 2 nitrogen and oxygen atoms in total. The van der Waals surface area contributed by atoms with E-state index >= 15 is 0 Å². The van der Waals surface area contributed by atoms with Crippen LogP contribution < -0.4 is 0 Å². The zero-order valence-electron chi connectivity index (χ0n) is 8.53. The zero-order valence-corrected chi connectivity index (χ0v) is 8.53. The van der Waals surface area contributed by atoms with E-state index in [1.165, 1.54) is 0 Å². The smallest absolute Gasteiger partial charge is 0.410 e. The van der Waals surface area contributed by atoms with Gasteiger partial charge in [-0.05, 0) is 27.7 Å². The molecule has 0 fully saturated rings. The van der Waals surface area contributed by atoms with Crippen molar-refractivity contribution >= 4 is 5.97 Å². The Labute approximate surface area is 80.7 Å². The highest BCUT2D eigenvalue weighted by molar-refractivity contribution is 5.88. The molecule has 0 N–H and O–H groups in total. The Morgan fingerprint density at radius 3 is 1.93 bits per heavy atom. The first-order valence-electron chi connectivity index (χ1n) is 4.01. The average Bonchev–Trinajstić information content (AvgIpc) is 1.78. The number of ether oxygens (including phenoxy) is 1. The molecule has 0 heterocycles. The maximum Gasteiger partial charge on any atom is 0.410 e. The van der Waals surface area contributed by atoms with E-state index in [1.807, 2.05) is 0 Å². The molecule has 0 spiro atoms. The average molecular weight is 210 g/mol. The van der Waals surface area contributed by atoms with Crippen LogP contribution in [0.3, 0.4) is 0 Å². The number of rotatable bonds is 1. The van der Waals surface area contributed by atoms with Crippen molar-refractivity contribution in [2.75, 3.05) is 0 Å². The van der Waals surface area contributed by atoms with Gasteiger partial charge >= 0.3 is 12.1 Å². The Morgan fingerprint density at radius 1 is 1.21 bits per heavy atom. The SMILES string of the molecule is C/C(=C\C(F)(F)F)C(=O)OC(C)(C)C. The molecule has 82 valence electrons. The number of allylic oxidation sites excluding steroid dienone is 1. The summed E-state index contributed by atoms with van der Waals surface area (Å²) in [5.41, 5.74) is -1.23. The number of esters is 1. The van der Waals surface area contributed by atoms with Crippen molar-refractivity contribution in [1.29, 1.82) is 0 Å². The van der Waals surface area contributed by atoms with E-state index in [9.17, 15) is 18.0 Å². The van der Waals surface area contributed by atoms with Crippen molar-refractivity contribution in [3.8, 4) is 0 Å². The van der Waals surface area contributed by atoms with Gasteiger partial charge in [-0.25, -0.2) is 4.79 Å². The van der Waals surface area contributed by atoms with Gasteiger partial charge in [-0.2, -0.15) is 13.2 Å². The van der Waals surface area contributed by atoms with Gasteiger partial charge in [-0.15, -0.1) is 0 Å². The Bertz CT molecular complexity index is 246. The molecule has 0 aliphatic carbocycles. The summed E-state index contributed by atoms with van der Waals surface area (Å²) >= 11 is 0. The second kappa shape index (κ2) is 4.02. The predicted octanol–water partition coefficient (Wildman–Crippen LogP) is 2.84. The second-order valence-electron chi connectivity index (χ2n) is 3.87. The largest absolute Gasteiger partial charge is 0.457 e. The Balaban J connectivity index is 4.50. The van der Waals surface area contributed by atoms with Crippen molar-refractivity contribution in [3.63, 3.8) is 0 Å². The summed E-state index contributed by atoms with van der Waals surface area (Å²) in [6, 6.07) is 0. The van der Waals surface area contributed by atoms with Crippen LogP contribution in [-0.4, -0.2) is 17.7 Å². The number of hydrogen-bond acceptors (Lipinski definition) is 2. The maximum absolute atomic E-state index is 11.8. The minimum Gasteiger partial charge on any atom is -0.457 e. The molecule has 0 unspecified atom stereocenters. The normalized spacial score (nSPS) is 14.1. The fourth-order valence-corrected chi connectivity index (χ4v) is 0.663. The van der Waals surface area contributed by atoms with Crippen molar-refractivity contribution in [3.05, 3.63) is 11.6 Å². The highest BCUT2D eigenvalue weighted by Gasteiger charge is 2.27. The van der Waals surface area contributed by atoms with Crippen LogP contribution in [0.15, 0.2) is 11.6 Å². The van der Waals surface area contributed by atoms with Gasteiger partial charge < -0.3 is 4.74 Å². The first kappa shape index (κ1) is 13.0. The third kappa shape index (κ3) is 6.51. The van der Waals surface area contributed by atoms with E-state index in [0.29, 0.717) is 0 Å². The van der Waals surface area contributed by atoms with Crippen LogP contribution in [0.4, 0.5) is 13.2 Å². The molecule has 0 aromatic carbocycles. The molecule has 5 heteroatoms. The summed E-state index contributed by atoms with van der Waals surface area (Å²) in [6.07, 6.45) is -4.55. The Hall–Kier alpha value is -1.00. The molecule has 14 heavy (non-hydrogen) atoms. The Kier molecular flexibility index (Phi) is 3.73. The van der Waals surface area contributed by atoms with Crippen LogP contribution in [0.1, 0.15) is 27.7 Å². The quantitative estimate of drug-likeness (QED) is 0.491. The highest BCUT2D eigenvalue weighted by atomic mass is 19.4. The molecule has 0 bridgehead atoms. The van der Waals surface area contributed by atoms with Crippen LogP contribution in [0.5, 0.6) is 0 Å². The molecule has 0 aliphatic rings. The van der Waals surface area contributed by atoms with Gasteiger partial charge in [-0.3, -0.25) is 0 Å². The first-order chi connectivity index (χ1) is 6.01. The van der Waals surface area contributed by atoms with E-state index in [2.05, 4.69) is 0 Å². The minimum atomic E-state index is -4.49. The molecular weight excluding hydrogens is 197 g/mol. The number of alkyl halides is 3. The molecule has 0 radical (unpaired) electrons. The van der Waals surface area contributed by atoms with E-state index in [0.717, 1.165) is 6.92 Å². The molecule has 0 aromatic rings. The summed E-state index contributed by atoms with van der Waals surface area (Å²) in [6.45, 7) is 5.84.